The molecule has 1 heteroatoms. The first-order valence-corrected chi connectivity index (χ1v) is 9.08. The molecule has 1 nitrogen and oxygen atoms in total. The van der Waals surface area contributed by atoms with Crippen LogP contribution < -0.4 is 0 Å². The van der Waals surface area contributed by atoms with Crippen LogP contribution in [-0.2, 0) is 0 Å². The summed E-state index contributed by atoms with van der Waals surface area (Å²) in [4.78, 5) is 0. The SMILES string of the molecule is OC1C=C(CCCC#Cc2cc3ccccc3c3ccccc23)CC1. The number of benzene rings is 3. The summed E-state index contributed by atoms with van der Waals surface area (Å²) in [6, 6.07) is 19.2. The number of hydrogen-bond acceptors (Lipinski definition) is 1. The molecule has 1 unspecified atom stereocenters. The monoisotopic (exact) mass is 326 g/mol. The third-order valence-corrected chi connectivity index (χ3v) is 4.98. The average Bonchev–Trinajstić information content (AvgIpc) is 3.06. The van der Waals surface area contributed by atoms with Crippen molar-refractivity contribution in [2.45, 2.75) is 38.2 Å². The molecule has 0 bridgehead atoms. The number of aliphatic hydroxyl groups is 1. The summed E-state index contributed by atoms with van der Waals surface area (Å²) in [7, 11) is 0. The van der Waals surface area contributed by atoms with Gasteiger partial charge in [0.15, 0.2) is 0 Å². The molecule has 1 N–H and O–H groups in total. The molecule has 4 rings (SSSR count). The molecule has 0 amide bonds. The van der Waals surface area contributed by atoms with Gasteiger partial charge in [-0.05, 0) is 53.3 Å². The van der Waals surface area contributed by atoms with E-state index in [1.165, 1.54) is 27.1 Å². The fraction of sp³-hybridized carbons (Fsp3) is 0.250. The molecule has 0 heterocycles. The van der Waals surface area contributed by atoms with Gasteiger partial charge in [-0.15, -0.1) is 0 Å². The van der Waals surface area contributed by atoms with Crippen molar-refractivity contribution < 1.29 is 5.11 Å². The maximum atomic E-state index is 9.53. The maximum absolute atomic E-state index is 9.53. The quantitative estimate of drug-likeness (QED) is 0.288. The molecule has 0 radical (unpaired) electrons. The number of allylic oxidation sites excluding steroid dienone is 1. The molecule has 1 aliphatic carbocycles. The van der Waals surface area contributed by atoms with Crippen molar-refractivity contribution in [1.82, 2.24) is 0 Å². The van der Waals surface area contributed by atoms with Crippen LogP contribution in [0.1, 0.15) is 37.7 Å². The molecule has 0 saturated heterocycles. The van der Waals surface area contributed by atoms with E-state index in [9.17, 15) is 5.11 Å². The zero-order valence-electron chi connectivity index (χ0n) is 14.3. The zero-order chi connectivity index (χ0) is 17.1. The first kappa shape index (κ1) is 15.9. The molecule has 0 spiro atoms. The third-order valence-electron chi connectivity index (χ3n) is 4.98. The average molecular weight is 326 g/mol. The maximum Gasteiger partial charge on any atom is 0.0726 e. The highest BCUT2D eigenvalue weighted by atomic mass is 16.3. The van der Waals surface area contributed by atoms with Gasteiger partial charge in [0.05, 0.1) is 6.10 Å². The third kappa shape index (κ3) is 3.45. The Labute approximate surface area is 149 Å². The molecular weight excluding hydrogens is 304 g/mol. The summed E-state index contributed by atoms with van der Waals surface area (Å²) < 4.78 is 0. The van der Waals surface area contributed by atoms with Gasteiger partial charge in [-0.25, -0.2) is 0 Å². The fourth-order valence-electron chi connectivity index (χ4n) is 3.70. The van der Waals surface area contributed by atoms with Crippen LogP contribution in [0.4, 0.5) is 0 Å². The van der Waals surface area contributed by atoms with Gasteiger partial charge in [0.1, 0.15) is 0 Å². The number of aliphatic hydroxyl groups excluding tert-OH is 1. The Balaban J connectivity index is 1.56. The normalized spacial score (nSPS) is 16.7. The van der Waals surface area contributed by atoms with Crippen molar-refractivity contribution >= 4 is 21.5 Å². The molecule has 3 aromatic rings. The van der Waals surface area contributed by atoms with E-state index in [-0.39, 0.29) is 6.10 Å². The lowest BCUT2D eigenvalue weighted by Gasteiger charge is -2.06. The van der Waals surface area contributed by atoms with E-state index in [0.717, 1.165) is 37.7 Å². The van der Waals surface area contributed by atoms with Crippen LogP contribution in [0.5, 0.6) is 0 Å². The van der Waals surface area contributed by atoms with Crippen LogP contribution in [0.15, 0.2) is 66.2 Å². The minimum Gasteiger partial charge on any atom is -0.389 e. The van der Waals surface area contributed by atoms with E-state index in [1.54, 1.807) is 0 Å². The van der Waals surface area contributed by atoms with Crippen LogP contribution in [0.25, 0.3) is 21.5 Å². The van der Waals surface area contributed by atoms with E-state index >= 15 is 0 Å². The number of hydrogen-bond donors (Lipinski definition) is 1. The molecule has 25 heavy (non-hydrogen) atoms. The zero-order valence-corrected chi connectivity index (χ0v) is 14.3. The van der Waals surface area contributed by atoms with E-state index in [2.05, 4.69) is 66.4 Å². The molecular formula is C24H22O. The largest absolute Gasteiger partial charge is 0.389 e. The van der Waals surface area contributed by atoms with Gasteiger partial charge in [0.25, 0.3) is 0 Å². The Kier molecular flexibility index (Phi) is 4.55. The number of unbranched alkanes of at least 4 members (excludes halogenated alkanes) is 1. The van der Waals surface area contributed by atoms with Crippen LogP contribution in [-0.4, -0.2) is 11.2 Å². The lowest BCUT2D eigenvalue weighted by Crippen LogP contribution is -1.93. The van der Waals surface area contributed by atoms with E-state index < -0.39 is 0 Å². The van der Waals surface area contributed by atoms with Gasteiger partial charge in [-0.2, -0.15) is 0 Å². The molecule has 0 aliphatic heterocycles. The lowest BCUT2D eigenvalue weighted by molar-refractivity contribution is 0.223. The summed E-state index contributed by atoms with van der Waals surface area (Å²) in [5.74, 6) is 6.75. The van der Waals surface area contributed by atoms with Crippen LogP contribution in [0.3, 0.4) is 0 Å². The first-order chi connectivity index (χ1) is 12.3. The van der Waals surface area contributed by atoms with Crippen LogP contribution in [0.2, 0.25) is 0 Å². The Morgan fingerprint density at radius 2 is 1.72 bits per heavy atom. The molecule has 0 fully saturated rings. The van der Waals surface area contributed by atoms with Crippen LogP contribution >= 0.6 is 0 Å². The number of fused-ring (bicyclic) bond motifs is 3. The van der Waals surface area contributed by atoms with Crippen molar-refractivity contribution in [3.8, 4) is 11.8 Å². The standard InChI is InChI=1S/C24H22O/c25-21-15-14-18(16-21)8-2-1-3-9-19-17-20-10-4-5-11-22(20)24-13-7-6-12-23(19)24/h4-7,10-13,16-17,21,25H,1-2,8,14-15H2. The fourth-order valence-corrected chi connectivity index (χ4v) is 3.70. The molecule has 3 aromatic carbocycles. The highest BCUT2D eigenvalue weighted by Crippen LogP contribution is 2.28. The topological polar surface area (TPSA) is 20.2 Å². The minimum atomic E-state index is -0.218. The minimum absolute atomic E-state index is 0.218. The van der Waals surface area contributed by atoms with E-state index in [4.69, 9.17) is 0 Å². The van der Waals surface area contributed by atoms with Crippen molar-refractivity contribution in [1.29, 1.82) is 0 Å². The first-order valence-electron chi connectivity index (χ1n) is 9.08. The highest BCUT2D eigenvalue weighted by Gasteiger charge is 2.11. The summed E-state index contributed by atoms with van der Waals surface area (Å²) in [5, 5.41) is 14.6. The van der Waals surface area contributed by atoms with Crippen molar-refractivity contribution in [3.63, 3.8) is 0 Å². The molecule has 124 valence electrons. The number of rotatable bonds is 3. The molecule has 0 aromatic heterocycles. The Hall–Kier alpha value is -2.56. The van der Waals surface area contributed by atoms with Gasteiger partial charge < -0.3 is 5.11 Å². The van der Waals surface area contributed by atoms with Gasteiger partial charge >= 0.3 is 0 Å². The smallest absolute Gasteiger partial charge is 0.0726 e. The van der Waals surface area contributed by atoms with Gasteiger partial charge in [0, 0.05) is 12.0 Å². The highest BCUT2D eigenvalue weighted by molar-refractivity contribution is 6.09. The van der Waals surface area contributed by atoms with E-state index in [0.29, 0.717) is 0 Å². The Morgan fingerprint density at radius 3 is 2.52 bits per heavy atom. The molecule has 0 saturated carbocycles. The lowest BCUT2D eigenvalue weighted by atomic mass is 9.97. The van der Waals surface area contributed by atoms with Crippen molar-refractivity contribution in [2.24, 2.45) is 0 Å². The second-order valence-electron chi connectivity index (χ2n) is 6.78. The summed E-state index contributed by atoms with van der Waals surface area (Å²) in [6.45, 7) is 0. The van der Waals surface area contributed by atoms with Gasteiger partial charge in [-0.1, -0.05) is 72.0 Å². The summed E-state index contributed by atoms with van der Waals surface area (Å²) in [5.41, 5.74) is 2.51. The predicted molar refractivity (Wildman–Crippen MR) is 106 cm³/mol. The van der Waals surface area contributed by atoms with E-state index in [1.807, 2.05) is 6.08 Å². The summed E-state index contributed by atoms with van der Waals surface area (Å²) in [6.07, 6.45) is 6.76. The van der Waals surface area contributed by atoms with Crippen molar-refractivity contribution in [2.75, 3.05) is 0 Å². The van der Waals surface area contributed by atoms with Crippen molar-refractivity contribution in [3.05, 3.63) is 71.8 Å². The summed E-state index contributed by atoms with van der Waals surface area (Å²) >= 11 is 0. The van der Waals surface area contributed by atoms with Gasteiger partial charge in [0.2, 0.25) is 0 Å². The predicted octanol–water partition coefficient (Wildman–Crippen LogP) is 5.60. The van der Waals surface area contributed by atoms with Gasteiger partial charge in [-0.3, -0.25) is 0 Å². The second kappa shape index (κ2) is 7.13. The Morgan fingerprint density at radius 1 is 0.960 bits per heavy atom. The molecule has 1 atom stereocenters. The van der Waals surface area contributed by atoms with Crippen LogP contribution in [0, 0.1) is 11.8 Å². The second-order valence-corrected chi connectivity index (χ2v) is 6.78. The molecule has 1 aliphatic rings. The Bertz CT molecular complexity index is 1000.